The van der Waals surface area contributed by atoms with Gasteiger partial charge in [-0.05, 0) is 37.5 Å². The number of nitrogens with one attached hydrogen (secondary N) is 1. The molecule has 2 nitrogen and oxygen atoms in total. The maximum Gasteiger partial charge on any atom is 0.133 e. The van der Waals surface area contributed by atoms with Crippen LogP contribution in [-0.2, 0) is 0 Å². The fraction of sp³-hybridized carbons (Fsp3) is 0.542. The van der Waals surface area contributed by atoms with Gasteiger partial charge in [0.15, 0.2) is 0 Å². The van der Waals surface area contributed by atoms with Gasteiger partial charge in [-0.25, -0.2) is 4.39 Å². The molecule has 1 aromatic rings. The molecule has 0 fully saturated rings. The van der Waals surface area contributed by atoms with Crippen molar-refractivity contribution in [2.45, 2.75) is 78.0 Å². The van der Waals surface area contributed by atoms with Crippen molar-refractivity contribution in [2.75, 3.05) is 0 Å². The first-order chi connectivity index (χ1) is 13.8. The third-order valence-electron chi connectivity index (χ3n) is 5.25. The number of allylic oxidation sites excluding steroid dienone is 3. The Labute approximate surface area is 184 Å². The highest BCUT2D eigenvalue weighted by molar-refractivity contribution is 8.09. The van der Waals surface area contributed by atoms with Crippen LogP contribution in [0.25, 0.3) is 10.5 Å². The van der Waals surface area contributed by atoms with Crippen molar-refractivity contribution in [3.05, 3.63) is 45.4 Å². The lowest BCUT2D eigenvalue weighted by Gasteiger charge is -2.19. The van der Waals surface area contributed by atoms with Crippen molar-refractivity contribution in [1.82, 2.24) is 0 Å². The van der Waals surface area contributed by atoms with Gasteiger partial charge in [-0.15, -0.1) is 23.1 Å². The van der Waals surface area contributed by atoms with Gasteiger partial charge < -0.3 is 11.1 Å². The largest absolute Gasteiger partial charge is 0.319 e. The van der Waals surface area contributed by atoms with Crippen molar-refractivity contribution in [3.63, 3.8) is 0 Å². The molecule has 160 valence electrons. The Morgan fingerprint density at radius 2 is 2.03 bits per heavy atom. The predicted molar refractivity (Wildman–Crippen MR) is 130 cm³/mol. The Morgan fingerprint density at radius 3 is 2.66 bits per heavy atom. The molecular weight excluding hydrogens is 399 g/mol. The summed E-state index contributed by atoms with van der Waals surface area (Å²) in [5, 5.41) is 8.70. The van der Waals surface area contributed by atoms with Gasteiger partial charge in [0.25, 0.3) is 0 Å². The van der Waals surface area contributed by atoms with Gasteiger partial charge in [-0.3, -0.25) is 0 Å². The standard InChI is InChI=1S/C24H35FN2S2/c1-6-8-9-17(7-2)14-16(5)24(28-15(3)4)21-13-12-20(29-21)22-18(25)10-11-19(26)23(22)27/h10-13,15,17,19,27H,6-9,14,26H2,1-5H3/b24-16+,27-23?. The van der Waals surface area contributed by atoms with Crippen LogP contribution in [0.15, 0.2) is 35.7 Å². The van der Waals surface area contributed by atoms with Crippen molar-refractivity contribution in [3.8, 4) is 0 Å². The second-order valence-electron chi connectivity index (χ2n) is 8.08. The summed E-state index contributed by atoms with van der Waals surface area (Å²) in [7, 11) is 0. The van der Waals surface area contributed by atoms with E-state index in [0.29, 0.717) is 16.7 Å². The zero-order chi connectivity index (χ0) is 21.6. The molecule has 3 N–H and O–H groups in total. The Balaban J connectivity index is 2.37. The summed E-state index contributed by atoms with van der Waals surface area (Å²) in [6.07, 6.45) is 9.04. The van der Waals surface area contributed by atoms with E-state index in [4.69, 9.17) is 11.1 Å². The molecule has 2 rings (SSSR count). The van der Waals surface area contributed by atoms with E-state index in [0.717, 1.165) is 16.2 Å². The molecule has 0 radical (unpaired) electrons. The number of halogens is 1. The van der Waals surface area contributed by atoms with Crippen LogP contribution >= 0.6 is 23.1 Å². The molecule has 0 amide bonds. The van der Waals surface area contributed by atoms with E-state index in [1.807, 2.05) is 17.8 Å². The minimum Gasteiger partial charge on any atom is -0.319 e. The maximum atomic E-state index is 14.5. The van der Waals surface area contributed by atoms with E-state index in [1.54, 1.807) is 17.4 Å². The van der Waals surface area contributed by atoms with Crippen LogP contribution < -0.4 is 5.73 Å². The van der Waals surface area contributed by atoms with Crippen molar-refractivity contribution >= 4 is 39.3 Å². The Kier molecular flexibility index (Phi) is 9.38. The minimum atomic E-state index is -0.541. The number of thioether (sulfide) groups is 1. The van der Waals surface area contributed by atoms with Gasteiger partial charge in [-0.2, -0.15) is 0 Å². The highest BCUT2D eigenvalue weighted by atomic mass is 32.2. The molecule has 1 aliphatic rings. The lowest BCUT2D eigenvalue weighted by Crippen LogP contribution is -2.30. The van der Waals surface area contributed by atoms with Crippen LogP contribution in [0.2, 0.25) is 0 Å². The molecule has 1 aliphatic carbocycles. The van der Waals surface area contributed by atoms with Gasteiger partial charge in [0.1, 0.15) is 5.83 Å². The number of unbranched alkanes of at least 4 members (excludes halogenated alkanes) is 1. The van der Waals surface area contributed by atoms with Gasteiger partial charge in [-0.1, -0.05) is 65.0 Å². The Hall–Kier alpha value is -1.17. The summed E-state index contributed by atoms with van der Waals surface area (Å²) in [6.45, 7) is 11.2. The van der Waals surface area contributed by atoms with Crippen molar-refractivity contribution in [1.29, 1.82) is 5.41 Å². The van der Waals surface area contributed by atoms with E-state index in [9.17, 15) is 4.39 Å². The molecule has 1 aromatic heterocycles. The monoisotopic (exact) mass is 434 g/mol. The number of hydrogen-bond acceptors (Lipinski definition) is 4. The summed E-state index contributed by atoms with van der Waals surface area (Å²) in [4.78, 5) is 3.27. The molecule has 0 saturated heterocycles. The SMILES string of the molecule is CCCCC(CC)C/C(C)=C(/SC(C)C)c1ccc(C2=C(F)C=CC(N)C2=N)s1. The van der Waals surface area contributed by atoms with E-state index < -0.39 is 6.04 Å². The van der Waals surface area contributed by atoms with Crippen LogP contribution in [0.4, 0.5) is 4.39 Å². The highest BCUT2D eigenvalue weighted by Gasteiger charge is 2.24. The van der Waals surface area contributed by atoms with Crippen LogP contribution in [0.3, 0.4) is 0 Å². The molecule has 29 heavy (non-hydrogen) atoms. The molecule has 2 unspecified atom stereocenters. The van der Waals surface area contributed by atoms with E-state index in [-0.39, 0.29) is 11.5 Å². The first kappa shape index (κ1) is 24.1. The van der Waals surface area contributed by atoms with Crippen molar-refractivity contribution in [2.24, 2.45) is 11.7 Å². The summed E-state index contributed by atoms with van der Waals surface area (Å²) in [5.41, 5.74) is 7.86. The highest BCUT2D eigenvalue weighted by Crippen LogP contribution is 2.42. The van der Waals surface area contributed by atoms with Gasteiger partial charge in [0.2, 0.25) is 0 Å². The van der Waals surface area contributed by atoms with Crippen molar-refractivity contribution < 1.29 is 4.39 Å². The van der Waals surface area contributed by atoms with Crippen LogP contribution in [0.1, 0.15) is 76.5 Å². The third-order valence-corrected chi connectivity index (χ3v) is 7.77. The summed E-state index contributed by atoms with van der Waals surface area (Å²) >= 11 is 3.46. The molecule has 0 spiro atoms. The smallest absolute Gasteiger partial charge is 0.133 e. The lowest BCUT2D eigenvalue weighted by molar-refractivity contribution is 0.448. The first-order valence-corrected chi connectivity index (χ1v) is 12.4. The fourth-order valence-corrected chi connectivity index (χ4v) is 5.88. The summed E-state index contributed by atoms with van der Waals surface area (Å²) < 4.78 is 14.5. The third kappa shape index (κ3) is 6.40. The molecule has 5 heteroatoms. The Morgan fingerprint density at radius 1 is 1.31 bits per heavy atom. The first-order valence-electron chi connectivity index (χ1n) is 10.7. The number of rotatable bonds is 10. The molecule has 0 saturated carbocycles. The number of thiophene rings is 1. The van der Waals surface area contributed by atoms with Crippen LogP contribution in [0.5, 0.6) is 0 Å². The van der Waals surface area contributed by atoms with Gasteiger partial charge >= 0.3 is 0 Å². The van der Waals surface area contributed by atoms with E-state index in [2.05, 4.69) is 40.7 Å². The average molecular weight is 435 g/mol. The molecule has 0 aromatic carbocycles. The molecule has 0 bridgehead atoms. The quantitative estimate of drug-likeness (QED) is 0.394. The zero-order valence-electron chi connectivity index (χ0n) is 18.3. The Bertz CT molecular complexity index is 802. The molecule has 2 atom stereocenters. The molecule has 0 aliphatic heterocycles. The zero-order valence-corrected chi connectivity index (χ0v) is 20.0. The lowest BCUT2D eigenvalue weighted by atomic mass is 9.92. The summed E-state index contributed by atoms with van der Waals surface area (Å²) in [6, 6.07) is 3.48. The van der Waals surface area contributed by atoms with Gasteiger partial charge in [0.05, 0.1) is 17.3 Å². The maximum absolute atomic E-state index is 14.5. The van der Waals surface area contributed by atoms with E-state index in [1.165, 1.54) is 42.2 Å². The van der Waals surface area contributed by atoms with Crippen LogP contribution in [0, 0.1) is 11.3 Å². The topological polar surface area (TPSA) is 49.9 Å². The second kappa shape index (κ2) is 11.3. The van der Waals surface area contributed by atoms with Crippen LogP contribution in [-0.4, -0.2) is 17.0 Å². The minimum absolute atomic E-state index is 0.155. The predicted octanol–water partition coefficient (Wildman–Crippen LogP) is 7.82. The number of nitrogens with two attached hydrogens (primary N) is 1. The summed E-state index contributed by atoms with van der Waals surface area (Å²) in [5.74, 6) is 0.349. The average Bonchev–Trinajstić information content (AvgIpc) is 3.15. The van der Waals surface area contributed by atoms with Gasteiger partial charge in [0, 0.05) is 19.9 Å². The fourth-order valence-electron chi connectivity index (χ4n) is 3.58. The molecular formula is C24H35FN2S2. The normalized spacial score (nSPS) is 19.2. The molecule has 1 heterocycles. The second-order valence-corrected chi connectivity index (χ2v) is 10.8. The number of hydrogen-bond donors (Lipinski definition) is 2. The van der Waals surface area contributed by atoms with E-state index >= 15 is 0 Å².